The van der Waals surface area contributed by atoms with E-state index in [0.29, 0.717) is 0 Å². The number of aromatic hydroxyl groups is 2. The number of para-hydroxylation sites is 1. The molecular weight excluding hydrogens is 297 g/mol. The highest BCUT2D eigenvalue weighted by Gasteiger charge is 2.25. The van der Waals surface area contributed by atoms with Crippen LogP contribution >= 0.6 is 0 Å². The zero-order valence-corrected chi connectivity index (χ0v) is 10.2. The smallest absolute Gasteiger partial charge is 0.200 e. The molecule has 0 saturated heterocycles. The molecule has 0 saturated carbocycles. The molecule has 0 bridgehead atoms. The molecule has 0 aliphatic carbocycles. The Kier molecular flexibility index (Phi) is 3.88. The Bertz CT molecular complexity index is 676. The minimum absolute atomic E-state index is 0.0129. The van der Waals surface area contributed by atoms with Gasteiger partial charge in [0.05, 0.1) is 0 Å². The van der Waals surface area contributed by atoms with Crippen LogP contribution in [0.15, 0.2) is 18.2 Å². The number of rotatable bonds is 3. The largest absolute Gasteiger partial charge is 0.504 e. The van der Waals surface area contributed by atoms with Gasteiger partial charge < -0.3 is 15.5 Å². The van der Waals surface area contributed by atoms with Crippen molar-refractivity contribution in [2.24, 2.45) is 0 Å². The fourth-order valence-electron chi connectivity index (χ4n) is 1.66. The summed E-state index contributed by atoms with van der Waals surface area (Å²) in [4.78, 5) is 0. The van der Waals surface area contributed by atoms with Gasteiger partial charge in [-0.3, -0.25) is 0 Å². The lowest BCUT2D eigenvalue weighted by Gasteiger charge is -2.12. The second kappa shape index (κ2) is 5.47. The molecule has 2 aromatic rings. The standard InChI is InChI=1S/C13H8F5NO2/c14-7-8(15)10(17)12(11(18)9(7)16)19-4-5-2-1-3-6(20)13(5)21/h1-3,19-21H,4H2. The first-order valence-electron chi connectivity index (χ1n) is 5.59. The van der Waals surface area contributed by atoms with Crippen molar-refractivity contribution in [2.75, 3.05) is 5.32 Å². The van der Waals surface area contributed by atoms with Gasteiger partial charge in [0.15, 0.2) is 34.8 Å². The van der Waals surface area contributed by atoms with E-state index in [1.54, 1.807) is 0 Å². The van der Waals surface area contributed by atoms with Crippen LogP contribution in [0.4, 0.5) is 27.6 Å². The van der Waals surface area contributed by atoms with Crippen molar-refractivity contribution in [3.63, 3.8) is 0 Å². The van der Waals surface area contributed by atoms with E-state index in [4.69, 9.17) is 0 Å². The molecule has 0 atom stereocenters. The normalized spacial score (nSPS) is 10.7. The van der Waals surface area contributed by atoms with E-state index < -0.39 is 52.8 Å². The van der Waals surface area contributed by atoms with Gasteiger partial charge in [0, 0.05) is 12.1 Å². The summed E-state index contributed by atoms with van der Waals surface area (Å²) in [6.07, 6.45) is 0. The fraction of sp³-hybridized carbons (Fsp3) is 0.0769. The predicted molar refractivity (Wildman–Crippen MR) is 63.3 cm³/mol. The van der Waals surface area contributed by atoms with Crippen LogP contribution in [-0.4, -0.2) is 10.2 Å². The van der Waals surface area contributed by atoms with E-state index >= 15 is 0 Å². The molecule has 0 spiro atoms. The molecule has 3 N–H and O–H groups in total. The minimum Gasteiger partial charge on any atom is -0.504 e. The van der Waals surface area contributed by atoms with Crippen molar-refractivity contribution in [3.05, 3.63) is 52.8 Å². The van der Waals surface area contributed by atoms with E-state index in [1.807, 2.05) is 5.32 Å². The summed E-state index contributed by atoms with van der Waals surface area (Å²) in [5.41, 5.74) is -1.20. The number of halogens is 5. The first-order chi connectivity index (χ1) is 9.84. The van der Waals surface area contributed by atoms with Gasteiger partial charge in [-0.1, -0.05) is 12.1 Å². The fourth-order valence-corrected chi connectivity index (χ4v) is 1.66. The number of anilines is 1. The third-order valence-electron chi connectivity index (χ3n) is 2.76. The van der Waals surface area contributed by atoms with Gasteiger partial charge in [-0.15, -0.1) is 0 Å². The molecule has 0 unspecified atom stereocenters. The van der Waals surface area contributed by atoms with E-state index in [9.17, 15) is 32.2 Å². The van der Waals surface area contributed by atoms with Gasteiger partial charge in [-0.25, -0.2) is 22.0 Å². The SMILES string of the molecule is Oc1cccc(CNc2c(F)c(F)c(F)c(F)c2F)c1O. The first kappa shape index (κ1) is 14.9. The average molecular weight is 305 g/mol. The van der Waals surface area contributed by atoms with E-state index in [0.717, 1.165) is 6.07 Å². The maximum atomic E-state index is 13.4. The highest BCUT2D eigenvalue weighted by molar-refractivity contribution is 5.51. The zero-order valence-electron chi connectivity index (χ0n) is 10.2. The van der Waals surface area contributed by atoms with E-state index in [1.165, 1.54) is 12.1 Å². The number of nitrogens with one attached hydrogen (secondary N) is 1. The number of phenolic OH excluding ortho intramolecular Hbond substituents is 2. The van der Waals surface area contributed by atoms with Crippen LogP contribution in [0.1, 0.15) is 5.56 Å². The number of hydrogen-bond acceptors (Lipinski definition) is 3. The van der Waals surface area contributed by atoms with Crippen LogP contribution in [0.3, 0.4) is 0 Å². The van der Waals surface area contributed by atoms with Crippen LogP contribution in [0.5, 0.6) is 11.5 Å². The Morgan fingerprint density at radius 2 is 1.33 bits per heavy atom. The maximum Gasteiger partial charge on any atom is 0.200 e. The molecule has 0 aromatic heterocycles. The molecule has 0 fully saturated rings. The Morgan fingerprint density at radius 3 is 1.90 bits per heavy atom. The molecule has 2 rings (SSSR count). The van der Waals surface area contributed by atoms with Crippen molar-refractivity contribution in [1.29, 1.82) is 0 Å². The quantitative estimate of drug-likeness (QED) is 0.352. The summed E-state index contributed by atoms with van der Waals surface area (Å²) >= 11 is 0. The third-order valence-corrected chi connectivity index (χ3v) is 2.76. The monoisotopic (exact) mass is 305 g/mol. The Balaban J connectivity index is 2.35. The summed E-state index contributed by atoms with van der Waals surface area (Å²) in [6, 6.07) is 3.80. The van der Waals surface area contributed by atoms with Gasteiger partial charge in [-0.05, 0) is 6.07 Å². The van der Waals surface area contributed by atoms with Crippen LogP contribution in [0.2, 0.25) is 0 Å². The summed E-state index contributed by atoms with van der Waals surface area (Å²) < 4.78 is 65.6. The molecule has 0 radical (unpaired) electrons. The van der Waals surface area contributed by atoms with Crippen molar-refractivity contribution < 1.29 is 32.2 Å². The number of phenols is 2. The van der Waals surface area contributed by atoms with Crippen molar-refractivity contribution >= 4 is 5.69 Å². The van der Waals surface area contributed by atoms with Crippen LogP contribution in [-0.2, 0) is 6.54 Å². The number of hydrogen-bond donors (Lipinski definition) is 3. The topological polar surface area (TPSA) is 52.5 Å². The maximum absolute atomic E-state index is 13.4. The minimum atomic E-state index is -2.25. The van der Waals surface area contributed by atoms with Gasteiger partial charge in [0.1, 0.15) is 5.69 Å². The lowest BCUT2D eigenvalue weighted by molar-refractivity contribution is 0.381. The van der Waals surface area contributed by atoms with Gasteiger partial charge in [0.25, 0.3) is 0 Å². The van der Waals surface area contributed by atoms with Crippen molar-refractivity contribution in [3.8, 4) is 11.5 Å². The van der Waals surface area contributed by atoms with Gasteiger partial charge in [0.2, 0.25) is 5.82 Å². The third kappa shape index (κ3) is 2.56. The Morgan fingerprint density at radius 1 is 0.810 bits per heavy atom. The molecule has 112 valence electrons. The van der Waals surface area contributed by atoms with Crippen LogP contribution in [0, 0.1) is 29.1 Å². The van der Waals surface area contributed by atoms with E-state index in [2.05, 4.69) is 0 Å². The highest BCUT2D eigenvalue weighted by Crippen LogP contribution is 2.31. The predicted octanol–water partition coefficient (Wildman–Crippen LogP) is 3.41. The lowest BCUT2D eigenvalue weighted by atomic mass is 10.1. The summed E-state index contributed by atoms with van der Waals surface area (Å²) in [7, 11) is 0. The molecule has 2 aromatic carbocycles. The average Bonchev–Trinajstić information content (AvgIpc) is 2.47. The lowest BCUT2D eigenvalue weighted by Crippen LogP contribution is -2.10. The summed E-state index contributed by atoms with van der Waals surface area (Å²) in [5, 5.41) is 20.7. The molecule has 0 aliphatic rings. The van der Waals surface area contributed by atoms with Crippen LogP contribution in [0.25, 0.3) is 0 Å². The second-order valence-electron chi connectivity index (χ2n) is 4.08. The molecule has 8 heteroatoms. The molecule has 0 heterocycles. The van der Waals surface area contributed by atoms with Gasteiger partial charge >= 0.3 is 0 Å². The summed E-state index contributed by atoms with van der Waals surface area (Å²) in [6.45, 7) is -0.460. The second-order valence-corrected chi connectivity index (χ2v) is 4.08. The summed E-state index contributed by atoms with van der Waals surface area (Å²) in [5.74, 6) is -11.5. The molecule has 3 nitrogen and oxygen atoms in total. The zero-order chi connectivity index (χ0) is 15.7. The van der Waals surface area contributed by atoms with E-state index in [-0.39, 0.29) is 5.56 Å². The van der Waals surface area contributed by atoms with Crippen molar-refractivity contribution in [2.45, 2.75) is 6.54 Å². The highest BCUT2D eigenvalue weighted by atomic mass is 19.2. The van der Waals surface area contributed by atoms with Crippen molar-refractivity contribution in [1.82, 2.24) is 0 Å². The first-order valence-corrected chi connectivity index (χ1v) is 5.59. The number of benzene rings is 2. The Labute approximate surface area is 115 Å². The molecule has 21 heavy (non-hydrogen) atoms. The molecule has 0 aliphatic heterocycles. The molecular formula is C13H8F5NO2. The molecule has 0 amide bonds. The Hall–Kier alpha value is -2.51. The van der Waals surface area contributed by atoms with Crippen LogP contribution < -0.4 is 5.32 Å². The van der Waals surface area contributed by atoms with Gasteiger partial charge in [-0.2, -0.15) is 0 Å².